The van der Waals surface area contributed by atoms with E-state index in [0.717, 1.165) is 123 Å². The molecule has 17 nitrogen and oxygen atoms in total. The minimum atomic E-state index is -1.09. The normalized spacial score (nSPS) is 20.1. The van der Waals surface area contributed by atoms with Crippen LogP contribution in [0.4, 0.5) is 5.82 Å². The van der Waals surface area contributed by atoms with Gasteiger partial charge < -0.3 is 25.4 Å². The van der Waals surface area contributed by atoms with Crippen LogP contribution in [0, 0.1) is 0 Å². The lowest BCUT2D eigenvalue weighted by Crippen LogP contribution is -2.57. The number of nitrogens with two attached hydrogens (primary N) is 1. The van der Waals surface area contributed by atoms with Crippen LogP contribution in [-0.4, -0.2) is 122 Å². The predicted octanol–water partition coefficient (Wildman–Crippen LogP) is 6.28. The Labute approximate surface area is 399 Å². The van der Waals surface area contributed by atoms with Crippen LogP contribution in [0.25, 0.3) is 33.1 Å². The number of carbonyl (C=O) groups is 5. The lowest BCUT2D eigenvalue weighted by Gasteiger charge is -2.42. The molecular formula is C52H56N10O7. The number of carbonyl (C=O) groups excluding carboxylic acids is 5. The molecule has 3 aliphatic heterocycles. The molecule has 0 bridgehead atoms. The number of rotatable bonds is 16. The van der Waals surface area contributed by atoms with Gasteiger partial charge in [-0.25, -0.2) is 14.6 Å². The molecule has 4 N–H and O–H groups in total. The number of nitrogens with one attached hydrogen (secondary N) is 2. The second kappa shape index (κ2) is 20.2. The number of anilines is 1. The third-order valence-electron chi connectivity index (χ3n) is 14.0. The van der Waals surface area contributed by atoms with Crippen molar-refractivity contribution in [3.8, 4) is 28.5 Å². The van der Waals surface area contributed by atoms with Crippen molar-refractivity contribution in [3.63, 3.8) is 0 Å². The van der Waals surface area contributed by atoms with Gasteiger partial charge in [0.2, 0.25) is 11.8 Å². The zero-order chi connectivity index (χ0) is 47.4. The molecule has 4 aliphatic rings. The second-order valence-corrected chi connectivity index (χ2v) is 18.4. The number of nitrogens with zero attached hydrogens (tertiary/aromatic N) is 7. The van der Waals surface area contributed by atoms with Gasteiger partial charge in [-0.05, 0) is 111 Å². The van der Waals surface area contributed by atoms with Crippen LogP contribution >= 0.6 is 0 Å². The van der Waals surface area contributed by atoms with Crippen molar-refractivity contribution in [3.05, 3.63) is 102 Å². The summed E-state index contributed by atoms with van der Waals surface area (Å²) < 4.78 is 13.9. The lowest BCUT2D eigenvalue weighted by atomic mass is 9.90. The number of benzene rings is 4. The van der Waals surface area contributed by atoms with Crippen LogP contribution in [0.5, 0.6) is 17.2 Å². The molecule has 5 amide bonds. The van der Waals surface area contributed by atoms with Crippen molar-refractivity contribution in [2.45, 2.75) is 82.3 Å². The SMILES string of the molecule is Nc1ncnc2c1c(-c1ccc(Oc3ccccc3)cc1)nn2C1CCC(N2CCN(CCCCCCNC(=O)COc3cc4c5c(cccc5c3)C(=O)N(C3CCC(=O)NC3=O)C4=O)CC2)CC1. The smallest absolute Gasteiger partial charge is 0.262 e. The van der Waals surface area contributed by atoms with Crippen LogP contribution in [0.2, 0.25) is 0 Å². The average Bonchev–Trinajstić information content (AvgIpc) is 3.77. The number of ether oxygens (including phenoxy) is 2. The van der Waals surface area contributed by atoms with Crippen molar-refractivity contribution >= 4 is 57.2 Å². The Morgan fingerprint density at radius 3 is 2.26 bits per heavy atom. The van der Waals surface area contributed by atoms with Crippen LogP contribution in [-0.2, 0) is 14.4 Å². The third kappa shape index (κ3) is 9.74. The maximum Gasteiger partial charge on any atom is 0.262 e. The van der Waals surface area contributed by atoms with E-state index in [-0.39, 0.29) is 42.5 Å². The highest BCUT2D eigenvalue weighted by atomic mass is 16.5. The van der Waals surface area contributed by atoms with Crippen molar-refractivity contribution in [1.82, 2.24) is 45.1 Å². The zero-order valence-electron chi connectivity index (χ0n) is 38.5. The second-order valence-electron chi connectivity index (χ2n) is 18.4. The van der Waals surface area contributed by atoms with Gasteiger partial charge in [0.25, 0.3) is 17.7 Å². The zero-order valence-corrected chi connectivity index (χ0v) is 38.5. The van der Waals surface area contributed by atoms with E-state index in [9.17, 15) is 24.0 Å². The van der Waals surface area contributed by atoms with Gasteiger partial charge in [0.05, 0.1) is 17.0 Å². The predicted molar refractivity (Wildman–Crippen MR) is 259 cm³/mol. The van der Waals surface area contributed by atoms with Gasteiger partial charge in [-0.15, -0.1) is 0 Å². The van der Waals surface area contributed by atoms with Gasteiger partial charge in [0.1, 0.15) is 41.1 Å². The number of nitrogen functional groups attached to an aromatic ring is 1. The molecular weight excluding hydrogens is 877 g/mol. The van der Waals surface area contributed by atoms with Gasteiger partial charge in [-0.1, -0.05) is 43.2 Å². The first-order chi connectivity index (χ1) is 33.7. The number of unbranched alkanes of at least 4 members (excludes halogenated alkanes) is 3. The van der Waals surface area contributed by atoms with Gasteiger partial charge in [-0.2, -0.15) is 5.10 Å². The summed E-state index contributed by atoms with van der Waals surface area (Å²) in [5.41, 5.74) is 9.46. The Balaban J connectivity index is 0.629. The molecule has 10 rings (SSSR count). The van der Waals surface area contributed by atoms with Crippen molar-refractivity contribution in [1.29, 1.82) is 0 Å². The lowest BCUT2D eigenvalue weighted by molar-refractivity contribution is -0.136. The number of piperidine rings is 1. The fraction of sp³-hybridized carbons (Fsp3) is 0.385. The summed E-state index contributed by atoms with van der Waals surface area (Å²) in [7, 11) is 0. The van der Waals surface area contributed by atoms with Gasteiger partial charge in [-0.3, -0.25) is 39.1 Å². The molecule has 69 heavy (non-hydrogen) atoms. The van der Waals surface area contributed by atoms with Crippen molar-refractivity contribution in [2.75, 3.05) is 51.6 Å². The average molecular weight is 933 g/mol. The Kier molecular flexibility index (Phi) is 13.3. The number of fused-ring (bicyclic) bond motifs is 1. The summed E-state index contributed by atoms with van der Waals surface area (Å²) in [5.74, 6) is -0.356. The number of para-hydroxylation sites is 1. The van der Waals surface area contributed by atoms with E-state index in [0.29, 0.717) is 34.9 Å². The number of hydrogen-bond donors (Lipinski definition) is 3. The summed E-state index contributed by atoms with van der Waals surface area (Å²) in [6, 6.07) is 25.6. The van der Waals surface area contributed by atoms with E-state index in [1.54, 1.807) is 24.3 Å². The van der Waals surface area contributed by atoms with E-state index in [2.05, 4.69) is 35.1 Å². The number of aromatic nitrogens is 4. The van der Waals surface area contributed by atoms with E-state index >= 15 is 0 Å². The van der Waals surface area contributed by atoms with Crippen LogP contribution in [0.3, 0.4) is 0 Å². The first kappa shape index (κ1) is 45.5. The molecule has 2 aromatic heterocycles. The maximum absolute atomic E-state index is 13.7. The summed E-state index contributed by atoms with van der Waals surface area (Å²) in [5, 5.41) is 12.2. The van der Waals surface area contributed by atoms with E-state index in [4.69, 9.17) is 20.3 Å². The number of amides is 5. The molecule has 5 heterocycles. The molecule has 1 saturated carbocycles. The summed E-state index contributed by atoms with van der Waals surface area (Å²) in [6.07, 6.45) is 9.93. The summed E-state index contributed by atoms with van der Waals surface area (Å²) in [4.78, 5) is 79.4. The largest absolute Gasteiger partial charge is 0.484 e. The molecule has 1 atom stereocenters. The molecule has 1 aliphatic carbocycles. The van der Waals surface area contributed by atoms with Gasteiger partial charge in [0, 0.05) is 61.7 Å². The monoisotopic (exact) mass is 932 g/mol. The quantitative estimate of drug-likeness (QED) is 0.0723. The van der Waals surface area contributed by atoms with E-state index in [1.807, 2.05) is 54.6 Å². The highest BCUT2D eigenvalue weighted by Gasteiger charge is 2.43. The van der Waals surface area contributed by atoms with Crippen molar-refractivity contribution < 1.29 is 33.4 Å². The van der Waals surface area contributed by atoms with Crippen LogP contribution in [0.1, 0.15) is 91.0 Å². The topological polar surface area (TPSA) is 207 Å². The fourth-order valence-electron chi connectivity index (χ4n) is 10.4. The first-order valence-corrected chi connectivity index (χ1v) is 24.1. The molecule has 1 unspecified atom stereocenters. The van der Waals surface area contributed by atoms with E-state index < -0.39 is 29.7 Å². The van der Waals surface area contributed by atoms with E-state index in [1.165, 1.54) is 12.4 Å². The first-order valence-electron chi connectivity index (χ1n) is 24.1. The highest BCUT2D eigenvalue weighted by molar-refractivity contribution is 6.27. The Hall–Kier alpha value is -7.24. The summed E-state index contributed by atoms with van der Waals surface area (Å²) >= 11 is 0. The molecule has 6 aromatic rings. The number of imide groups is 2. The van der Waals surface area contributed by atoms with Crippen LogP contribution < -0.4 is 25.8 Å². The Morgan fingerprint density at radius 1 is 0.739 bits per heavy atom. The van der Waals surface area contributed by atoms with Crippen molar-refractivity contribution in [2.24, 2.45) is 0 Å². The Bertz CT molecular complexity index is 2890. The van der Waals surface area contributed by atoms with Gasteiger partial charge in [0.15, 0.2) is 12.3 Å². The molecule has 0 spiro atoms. The minimum Gasteiger partial charge on any atom is -0.484 e. The molecule has 3 fully saturated rings. The maximum atomic E-state index is 13.7. The fourth-order valence-corrected chi connectivity index (χ4v) is 10.4. The Morgan fingerprint density at radius 2 is 1.48 bits per heavy atom. The molecule has 356 valence electrons. The summed E-state index contributed by atoms with van der Waals surface area (Å²) in [6.45, 7) is 5.65. The molecule has 17 heteroatoms. The molecule has 2 saturated heterocycles. The highest BCUT2D eigenvalue weighted by Crippen LogP contribution is 2.39. The number of hydrogen-bond acceptors (Lipinski definition) is 13. The molecule has 0 radical (unpaired) electrons. The third-order valence-corrected chi connectivity index (χ3v) is 14.0. The standard InChI is InChI=1S/C52H56N10O7/c53-48-46-47(33-13-19-38(20-14-33)69-37-10-4-3-5-11-37)58-62(49(46)56-32-55-48)36-17-15-35(16-18-36)60-27-25-59(26-28-60)24-7-2-1-6-23-54-44(64)31-68-39-29-34-9-8-12-40-45(34)41(30-39)52(67)61(51(40)66)42-21-22-43(63)57-50(42)65/h3-5,8-14,19-20,29-30,32,35-36,42H,1-2,6-7,15-18,21-28,31H2,(H,54,64)(H2,53,55,56)(H,57,63,65). The molecule has 4 aromatic carbocycles. The minimum absolute atomic E-state index is 0.0266. The number of piperazine rings is 1. The van der Waals surface area contributed by atoms with Gasteiger partial charge >= 0.3 is 0 Å². The van der Waals surface area contributed by atoms with Crippen LogP contribution in [0.15, 0.2) is 91.3 Å².